The Morgan fingerprint density at radius 3 is 1.89 bits per heavy atom. The number of aromatic nitrogens is 1. The molecule has 1 aromatic heterocycles. The van der Waals surface area contributed by atoms with E-state index < -0.39 is 10.0 Å². The summed E-state index contributed by atoms with van der Waals surface area (Å²) in [6, 6.07) is 22.7. The van der Waals surface area contributed by atoms with Crippen LogP contribution in [0.3, 0.4) is 0 Å². The molecule has 0 aliphatic heterocycles. The zero-order valence-corrected chi connectivity index (χ0v) is 16.4. The number of hydrogen-bond acceptors (Lipinski definition) is 2. The van der Waals surface area contributed by atoms with Gasteiger partial charge in [0.25, 0.3) is 10.0 Å². The summed E-state index contributed by atoms with van der Waals surface area (Å²) in [5.74, 6) is 0. The SMILES string of the molecule is Cc1ccc(-c2c(C)c3ccccc3n2S(=O)(=O)c2ccc(C)cc2)cc1. The maximum Gasteiger partial charge on any atom is 0.268 e. The Bertz CT molecular complexity index is 1230. The van der Waals surface area contributed by atoms with E-state index in [1.807, 2.05) is 81.4 Å². The number of rotatable bonds is 3. The molecule has 0 aliphatic rings. The van der Waals surface area contributed by atoms with Gasteiger partial charge in [-0.25, -0.2) is 12.4 Å². The summed E-state index contributed by atoms with van der Waals surface area (Å²) in [6.07, 6.45) is 0. The highest BCUT2D eigenvalue weighted by atomic mass is 32.2. The van der Waals surface area contributed by atoms with Gasteiger partial charge in [-0.15, -0.1) is 0 Å². The monoisotopic (exact) mass is 375 g/mol. The van der Waals surface area contributed by atoms with E-state index in [0.29, 0.717) is 10.4 Å². The van der Waals surface area contributed by atoms with Crippen molar-refractivity contribution in [2.24, 2.45) is 0 Å². The summed E-state index contributed by atoms with van der Waals surface area (Å²) in [7, 11) is -3.73. The summed E-state index contributed by atoms with van der Waals surface area (Å²) >= 11 is 0. The predicted molar refractivity (Wildman–Crippen MR) is 111 cm³/mol. The van der Waals surface area contributed by atoms with Gasteiger partial charge in [0, 0.05) is 5.39 Å². The predicted octanol–water partition coefficient (Wildman–Crippen LogP) is 5.47. The molecular formula is C23H21NO2S. The molecule has 0 fully saturated rings. The van der Waals surface area contributed by atoms with E-state index in [-0.39, 0.29) is 0 Å². The Morgan fingerprint density at radius 2 is 1.26 bits per heavy atom. The molecule has 0 saturated heterocycles. The molecular weight excluding hydrogens is 354 g/mol. The van der Waals surface area contributed by atoms with Crippen LogP contribution in [0.5, 0.6) is 0 Å². The van der Waals surface area contributed by atoms with Gasteiger partial charge in [-0.1, -0.05) is 65.7 Å². The van der Waals surface area contributed by atoms with E-state index >= 15 is 0 Å². The second kappa shape index (κ2) is 6.39. The van der Waals surface area contributed by atoms with Crippen LogP contribution in [-0.2, 0) is 10.0 Å². The minimum atomic E-state index is -3.73. The zero-order chi connectivity index (χ0) is 19.2. The fourth-order valence-corrected chi connectivity index (χ4v) is 5.07. The maximum atomic E-state index is 13.6. The molecule has 27 heavy (non-hydrogen) atoms. The topological polar surface area (TPSA) is 39.1 Å². The Balaban J connectivity index is 2.09. The van der Waals surface area contributed by atoms with Gasteiger partial charge in [-0.3, -0.25) is 0 Å². The molecule has 0 saturated carbocycles. The first-order chi connectivity index (χ1) is 12.9. The second-order valence-corrected chi connectivity index (χ2v) is 8.73. The van der Waals surface area contributed by atoms with Gasteiger partial charge >= 0.3 is 0 Å². The van der Waals surface area contributed by atoms with Crippen molar-refractivity contribution in [3.05, 3.63) is 89.5 Å². The van der Waals surface area contributed by atoms with Crippen molar-refractivity contribution in [2.45, 2.75) is 25.7 Å². The van der Waals surface area contributed by atoms with Gasteiger partial charge in [0.05, 0.1) is 16.1 Å². The van der Waals surface area contributed by atoms with Crippen LogP contribution in [0.15, 0.2) is 77.7 Å². The largest absolute Gasteiger partial charge is 0.268 e. The lowest BCUT2D eigenvalue weighted by molar-refractivity contribution is 0.589. The smallest absolute Gasteiger partial charge is 0.233 e. The average molecular weight is 375 g/mol. The van der Waals surface area contributed by atoms with Gasteiger partial charge in [0.2, 0.25) is 0 Å². The van der Waals surface area contributed by atoms with Crippen molar-refractivity contribution in [1.82, 2.24) is 3.97 Å². The first kappa shape index (κ1) is 17.6. The molecule has 3 nitrogen and oxygen atoms in total. The lowest BCUT2D eigenvalue weighted by Crippen LogP contribution is -2.14. The van der Waals surface area contributed by atoms with E-state index in [1.54, 1.807) is 12.1 Å². The first-order valence-corrected chi connectivity index (χ1v) is 10.3. The molecule has 0 aliphatic carbocycles. The number of aryl methyl sites for hydroxylation is 3. The van der Waals surface area contributed by atoms with Gasteiger partial charge < -0.3 is 0 Å². The molecule has 4 rings (SSSR count). The van der Waals surface area contributed by atoms with Gasteiger partial charge in [0.1, 0.15) is 0 Å². The molecule has 0 N–H and O–H groups in total. The normalized spacial score (nSPS) is 11.8. The standard InChI is InChI=1S/C23H21NO2S/c1-16-8-12-19(13-9-16)23-18(3)21-6-4-5-7-22(21)24(23)27(25,26)20-14-10-17(2)11-15-20/h4-15H,1-3H3. The molecule has 0 radical (unpaired) electrons. The molecule has 0 spiro atoms. The van der Waals surface area contributed by atoms with E-state index in [9.17, 15) is 8.42 Å². The van der Waals surface area contributed by atoms with Crippen LogP contribution >= 0.6 is 0 Å². The van der Waals surface area contributed by atoms with Crippen LogP contribution in [0.4, 0.5) is 0 Å². The van der Waals surface area contributed by atoms with Crippen LogP contribution in [0.2, 0.25) is 0 Å². The molecule has 0 unspecified atom stereocenters. The third-order valence-electron chi connectivity index (χ3n) is 4.97. The molecule has 0 amide bonds. The van der Waals surface area contributed by atoms with Crippen molar-refractivity contribution in [1.29, 1.82) is 0 Å². The third kappa shape index (κ3) is 2.86. The summed E-state index contributed by atoms with van der Waals surface area (Å²) in [5, 5.41) is 0.948. The first-order valence-electron chi connectivity index (χ1n) is 8.89. The molecule has 4 aromatic rings. The third-order valence-corrected chi connectivity index (χ3v) is 6.70. The number of hydrogen-bond donors (Lipinski definition) is 0. The van der Waals surface area contributed by atoms with Gasteiger partial charge in [-0.2, -0.15) is 0 Å². The van der Waals surface area contributed by atoms with E-state index in [2.05, 4.69) is 0 Å². The Labute approximate surface area is 160 Å². The lowest BCUT2D eigenvalue weighted by atomic mass is 10.1. The van der Waals surface area contributed by atoms with Crippen LogP contribution in [0.25, 0.3) is 22.2 Å². The molecule has 0 atom stereocenters. The Hall–Kier alpha value is -2.85. The number of fused-ring (bicyclic) bond motifs is 1. The van der Waals surface area contributed by atoms with E-state index in [1.165, 1.54) is 3.97 Å². The van der Waals surface area contributed by atoms with Gasteiger partial charge in [-0.05, 0) is 50.1 Å². The Morgan fingerprint density at radius 1 is 0.704 bits per heavy atom. The average Bonchev–Trinajstić information content (AvgIpc) is 2.96. The van der Waals surface area contributed by atoms with Gasteiger partial charge in [0.15, 0.2) is 0 Å². The second-order valence-electron chi connectivity index (χ2n) is 6.94. The van der Waals surface area contributed by atoms with Crippen molar-refractivity contribution in [3.63, 3.8) is 0 Å². The van der Waals surface area contributed by atoms with E-state index in [4.69, 9.17) is 0 Å². The minimum Gasteiger partial charge on any atom is -0.233 e. The van der Waals surface area contributed by atoms with Crippen LogP contribution in [0.1, 0.15) is 16.7 Å². The fraction of sp³-hybridized carbons (Fsp3) is 0.130. The molecule has 4 heteroatoms. The minimum absolute atomic E-state index is 0.294. The number of para-hydroxylation sites is 1. The van der Waals surface area contributed by atoms with Crippen LogP contribution in [0, 0.1) is 20.8 Å². The highest BCUT2D eigenvalue weighted by Gasteiger charge is 2.26. The van der Waals surface area contributed by atoms with Crippen molar-refractivity contribution in [2.75, 3.05) is 0 Å². The fourth-order valence-electron chi connectivity index (χ4n) is 3.48. The highest BCUT2D eigenvalue weighted by molar-refractivity contribution is 7.90. The number of nitrogens with zero attached hydrogens (tertiary/aromatic N) is 1. The van der Waals surface area contributed by atoms with Crippen molar-refractivity contribution < 1.29 is 8.42 Å². The maximum absolute atomic E-state index is 13.6. The molecule has 1 heterocycles. The van der Waals surface area contributed by atoms with Crippen molar-refractivity contribution in [3.8, 4) is 11.3 Å². The lowest BCUT2D eigenvalue weighted by Gasteiger charge is -2.13. The van der Waals surface area contributed by atoms with Crippen LogP contribution < -0.4 is 0 Å². The zero-order valence-electron chi connectivity index (χ0n) is 15.6. The van der Waals surface area contributed by atoms with Crippen molar-refractivity contribution >= 4 is 20.9 Å². The Kier molecular flexibility index (Phi) is 4.16. The van der Waals surface area contributed by atoms with E-state index in [0.717, 1.165) is 33.3 Å². The summed E-state index contributed by atoms with van der Waals surface area (Å²) in [5.41, 5.74) is 5.44. The molecule has 0 bridgehead atoms. The van der Waals surface area contributed by atoms with Crippen LogP contribution in [-0.4, -0.2) is 12.4 Å². The highest BCUT2D eigenvalue weighted by Crippen LogP contribution is 2.36. The molecule has 3 aromatic carbocycles. The summed E-state index contributed by atoms with van der Waals surface area (Å²) in [6.45, 7) is 5.96. The quantitative estimate of drug-likeness (QED) is 0.476. The summed E-state index contributed by atoms with van der Waals surface area (Å²) < 4.78 is 28.7. The molecule has 136 valence electrons. The summed E-state index contributed by atoms with van der Waals surface area (Å²) in [4.78, 5) is 0.294. The number of benzene rings is 3.